The van der Waals surface area contributed by atoms with Crippen molar-refractivity contribution in [2.45, 2.75) is 26.3 Å². The molecule has 0 fully saturated rings. The van der Waals surface area contributed by atoms with Gasteiger partial charge >= 0.3 is 0 Å². The molecule has 1 N–H and O–H groups in total. The number of aliphatic hydroxyl groups excluding tert-OH is 1. The van der Waals surface area contributed by atoms with Crippen molar-refractivity contribution in [3.8, 4) is 0 Å². The monoisotopic (exact) mass is 247 g/mol. The van der Waals surface area contributed by atoms with Gasteiger partial charge < -0.3 is 5.11 Å². The van der Waals surface area contributed by atoms with E-state index in [4.69, 9.17) is 5.11 Å². The van der Waals surface area contributed by atoms with Crippen LogP contribution in [0.4, 0.5) is 0 Å². The van der Waals surface area contributed by atoms with Gasteiger partial charge in [-0.1, -0.05) is 12.1 Å². The van der Waals surface area contributed by atoms with E-state index in [1.54, 1.807) is 6.20 Å². The Bertz CT molecular complexity index is 413. The Labute approximate surface area is 95.2 Å². The fourth-order valence-electron chi connectivity index (χ4n) is 1.32. The molecule has 0 atom stereocenters. The molecule has 0 aromatic carbocycles. The Balaban J connectivity index is 2.48. The second-order valence-electron chi connectivity index (χ2n) is 3.60. The lowest BCUT2D eigenvalue weighted by molar-refractivity contribution is 0.298. The summed E-state index contributed by atoms with van der Waals surface area (Å²) in [5, 5.41) is 16.3. The van der Waals surface area contributed by atoms with E-state index in [0.29, 0.717) is 25.1 Å². The first-order valence-electron chi connectivity index (χ1n) is 5.27. The van der Waals surface area contributed by atoms with Gasteiger partial charge in [0, 0.05) is 25.0 Å². The first kappa shape index (κ1) is 13.1. The standard InChI is InChI=1S/C9H17N3O3S/c1-2-6-16(14,15)7-4-12-8-9(3-5-13)10-11-12/h8,13H,2-7H2,1H3. The Kier molecular flexibility index (Phi) is 4.88. The molecule has 7 heteroatoms. The number of aryl methyl sites for hydroxylation is 1. The van der Waals surface area contributed by atoms with Crippen molar-refractivity contribution in [2.75, 3.05) is 18.1 Å². The molecule has 1 aromatic heterocycles. The lowest BCUT2D eigenvalue weighted by Crippen LogP contribution is -2.16. The van der Waals surface area contributed by atoms with E-state index in [-0.39, 0.29) is 18.1 Å². The molecule has 0 unspecified atom stereocenters. The summed E-state index contributed by atoms with van der Waals surface area (Å²) in [4.78, 5) is 0. The zero-order chi connectivity index (χ0) is 12.0. The number of sulfone groups is 1. The van der Waals surface area contributed by atoms with Crippen LogP contribution in [0, 0.1) is 0 Å². The predicted octanol–water partition coefficient (Wildman–Crippen LogP) is -0.362. The highest BCUT2D eigenvalue weighted by molar-refractivity contribution is 7.91. The van der Waals surface area contributed by atoms with Crippen LogP contribution < -0.4 is 0 Å². The minimum absolute atomic E-state index is 0.0207. The fourth-order valence-corrected chi connectivity index (χ4v) is 2.61. The van der Waals surface area contributed by atoms with E-state index in [1.807, 2.05) is 6.92 Å². The van der Waals surface area contributed by atoms with Crippen molar-refractivity contribution < 1.29 is 13.5 Å². The van der Waals surface area contributed by atoms with E-state index in [9.17, 15) is 8.42 Å². The number of aromatic nitrogens is 3. The molecule has 0 saturated carbocycles. The highest BCUT2D eigenvalue weighted by Crippen LogP contribution is 1.98. The average Bonchev–Trinajstić information content (AvgIpc) is 2.64. The van der Waals surface area contributed by atoms with E-state index in [2.05, 4.69) is 10.3 Å². The Morgan fingerprint density at radius 3 is 2.81 bits per heavy atom. The molecular formula is C9H17N3O3S. The Hall–Kier alpha value is -0.950. The maximum atomic E-state index is 11.4. The van der Waals surface area contributed by atoms with Crippen molar-refractivity contribution in [1.29, 1.82) is 0 Å². The van der Waals surface area contributed by atoms with Crippen LogP contribution in [0.5, 0.6) is 0 Å². The molecule has 1 heterocycles. The Morgan fingerprint density at radius 1 is 1.44 bits per heavy atom. The third-order valence-electron chi connectivity index (χ3n) is 2.10. The number of aliphatic hydroxyl groups is 1. The normalized spacial score (nSPS) is 11.9. The zero-order valence-electron chi connectivity index (χ0n) is 9.33. The number of rotatable bonds is 7. The van der Waals surface area contributed by atoms with Gasteiger partial charge in [-0.15, -0.1) is 5.10 Å². The van der Waals surface area contributed by atoms with Crippen LogP contribution in [0.1, 0.15) is 19.0 Å². The first-order valence-corrected chi connectivity index (χ1v) is 7.10. The van der Waals surface area contributed by atoms with Gasteiger partial charge in [0.2, 0.25) is 0 Å². The second kappa shape index (κ2) is 5.95. The molecule has 1 aromatic rings. The molecule has 0 saturated heterocycles. The molecule has 0 aliphatic rings. The number of hydrogen-bond donors (Lipinski definition) is 1. The topological polar surface area (TPSA) is 85.1 Å². The van der Waals surface area contributed by atoms with E-state index >= 15 is 0 Å². The Morgan fingerprint density at radius 2 is 2.19 bits per heavy atom. The van der Waals surface area contributed by atoms with E-state index in [0.717, 1.165) is 0 Å². The predicted molar refractivity (Wildman–Crippen MR) is 59.8 cm³/mol. The van der Waals surface area contributed by atoms with Crippen LogP contribution in [-0.4, -0.2) is 46.6 Å². The summed E-state index contributed by atoms with van der Waals surface area (Å²) in [6, 6.07) is 0. The third kappa shape index (κ3) is 4.28. The minimum atomic E-state index is -2.97. The third-order valence-corrected chi connectivity index (χ3v) is 3.94. The maximum absolute atomic E-state index is 11.4. The summed E-state index contributed by atoms with van der Waals surface area (Å²) in [5.41, 5.74) is 0.676. The highest BCUT2D eigenvalue weighted by atomic mass is 32.2. The van der Waals surface area contributed by atoms with Gasteiger partial charge in [0.15, 0.2) is 9.84 Å². The summed E-state index contributed by atoms with van der Waals surface area (Å²) in [5.74, 6) is 0.300. The molecule has 6 nitrogen and oxygen atoms in total. The SMILES string of the molecule is CCCS(=O)(=O)CCn1cc(CCO)nn1. The quantitative estimate of drug-likeness (QED) is 0.711. The summed E-state index contributed by atoms with van der Waals surface area (Å²) >= 11 is 0. The molecule has 0 aliphatic carbocycles. The van der Waals surface area contributed by atoms with Crippen molar-refractivity contribution in [3.05, 3.63) is 11.9 Å². The van der Waals surface area contributed by atoms with Crippen molar-refractivity contribution in [2.24, 2.45) is 0 Å². The zero-order valence-corrected chi connectivity index (χ0v) is 10.2. The van der Waals surface area contributed by atoms with E-state index < -0.39 is 9.84 Å². The molecule has 0 aliphatic heterocycles. The van der Waals surface area contributed by atoms with Gasteiger partial charge in [-0.25, -0.2) is 8.42 Å². The van der Waals surface area contributed by atoms with Gasteiger partial charge in [-0.2, -0.15) is 0 Å². The van der Waals surface area contributed by atoms with Crippen molar-refractivity contribution >= 4 is 9.84 Å². The molecular weight excluding hydrogens is 230 g/mol. The van der Waals surface area contributed by atoms with Crippen LogP contribution in [-0.2, 0) is 22.8 Å². The largest absolute Gasteiger partial charge is 0.396 e. The summed E-state index contributed by atoms with van der Waals surface area (Å²) in [6.45, 7) is 2.18. The summed E-state index contributed by atoms with van der Waals surface area (Å²) < 4.78 is 24.4. The van der Waals surface area contributed by atoms with E-state index in [1.165, 1.54) is 4.68 Å². The van der Waals surface area contributed by atoms with Gasteiger partial charge in [0.1, 0.15) is 0 Å². The van der Waals surface area contributed by atoms with Crippen LogP contribution in [0.15, 0.2) is 6.20 Å². The van der Waals surface area contributed by atoms with Crippen molar-refractivity contribution in [3.63, 3.8) is 0 Å². The van der Waals surface area contributed by atoms with Crippen molar-refractivity contribution in [1.82, 2.24) is 15.0 Å². The molecule has 0 spiro atoms. The summed E-state index contributed by atoms with van der Waals surface area (Å²) in [7, 11) is -2.97. The van der Waals surface area contributed by atoms with Gasteiger partial charge in [0.05, 0.1) is 18.0 Å². The van der Waals surface area contributed by atoms with Gasteiger partial charge in [-0.3, -0.25) is 4.68 Å². The number of nitrogens with zero attached hydrogens (tertiary/aromatic N) is 3. The fraction of sp³-hybridized carbons (Fsp3) is 0.778. The van der Waals surface area contributed by atoms with Crippen LogP contribution in [0.2, 0.25) is 0 Å². The second-order valence-corrected chi connectivity index (χ2v) is 5.90. The first-order chi connectivity index (χ1) is 7.57. The molecule has 1 rings (SSSR count). The van der Waals surface area contributed by atoms with Gasteiger partial charge in [0.25, 0.3) is 0 Å². The molecule has 0 bridgehead atoms. The minimum Gasteiger partial charge on any atom is -0.396 e. The highest BCUT2D eigenvalue weighted by Gasteiger charge is 2.10. The lowest BCUT2D eigenvalue weighted by Gasteiger charge is -2.01. The van der Waals surface area contributed by atoms with Crippen LogP contribution in [0.25, 0.3) is 0 Å². The molecule has 0 amide bonds. The lowest BCUT2D eigenvalue weighted by atomic mass is 10.3. The number of hydrogen-bond acceptors (Lipinski definition) is 5. The van der Waals surface area contributed by atoms with Gasteiger partial charge in [-0.05, 0) is 6.42 Å². The molecule has 0 radical (unpaired) electrons. The average molecular weight is 247 g/mol. The maximum Gasteiger partial charge on any atom is 0.152 e. The molecule has 16 heavy (non-hydrogen) atoms. The summed E-state index contributed by atoms with van der Waals surface area (Å²) in [6.07, 6.45) is 2.74. The molecule has 92 valence electrons. The van der Waals surface area contributed by atoms with Crippen LogP contribution >= 0.6 is 0 Å². The van der Waals surface area contributed by atoms with Crippen LogP contribution in [0.3, 0.4) is 0 Å². The smallest absolute Gasteiger partial charge is 0.152 e.